The van der Waals surface area contributed by atoms with E-state index in [0.717, 1.165) is 11.4 Å². The first kappa shape index (κ1) is 14.2. The van der Waals surface area contributed by atoms with Gasteiger partial charge in [0.05, 0.1) is 12.9 Å². The fourth-order valence-corrected chi connectivity index (χ4v) is 2.93. The highest BCUT2D eigenvalue weighted by molar-refractivity contribution is 7.88. The predicted octanol–water partition coefficient (Wildman–Crippen LogP) is 0.310. The molecule has 0 radical (unpaired) electrons. The molecular formula is C12H19N3O3S. The normalized spacial score (nSPS) is 17.1. The Labute approximate surface area is 114 Å². The highest BCUT2D eigenvalue weighted by atomic mass is 32.2. The molecule has 1 aromatic rings. The molecule has 0 N–H and O–H groups in total. The summed E-state index contributed by atoms with van der Waals surface area (Å²) in [4.78, 5) is 6.45. The van der Waals surface area contributed by atoms with Gasteiger partial charge in [0.1, 0.15) is 5.82 Å². The van der Waals surface area contributed by atoms with Crippen LogP contribution >= 0.6 is 0 Å². The van der Waals surface area contributed by atoms with Crippen molar-refractivity contribution in [2.24, 2.45) is 0 Å². The second-order valence-corrected chi connectivity index (χ2v) is 6.54. The zero-order chi connectivity index (χ0) is 13.9. The summed E-state index contributed by atoms with van der Waals surface area (Å²) >= 11 is 0. The van der Waals surface area contributed by atoms with Gasteiger partial charge in [-0.3, -0.25) is 0 Å². The molecule has 2 rings (SSSR count). The third kappa shape index (κ3) is 3.43. The molecule has 0 atom stereocenters. The smallest absolute Gasteiger partial charge is 0.211 e. The maximum absolute atomic E-state index is 11.7. The minimum Gasteiger partial charge on any atom is -0.383 e. The summed E-state index contributed by atoms with van der Waals surface area (Å²) in [5.41, 5.74) is 0.932. The molecule has 106 valence electrons. The van der Waals surface area contributed by atoms with Crippen LogP contribution in [0.1, 0.15) is 5.56 Å². The Hall–Kier alpha value is -1.18. The van der Waals surface area contributed by atoms with E-state index in [-0.39, 0.29) is 0 Å². The first-order valence-corrected chi connectivity index (χ1v) is 8.00. The van der Waals surface area contributed by atoms with Crippen molar-refractivity contribution in [3.05, 3.63) is 23.9 Å². The lowest BCUT2D eigenvalue weighted by atomic mass is 10.2. The van der Waals surface area contributed by atoms with Crippen LogP contribution in [-0.2, 0) is 21.3 Å². The first-order valence-electron chi connectivity index (χ1n) is 6.15. The van der Waals surface area contributed by atoms with E-state index < -0.39 is 10.0 Å². The van der Waals surface area contributed by atoms with Crippen molar-refractivity contribution in [3.63, 3.8) is 0 Å². The van der Waals surface area contributed by atoms with Gasteiger partial charge < -0.3 is 9.64 Å². The topological polar surface area (TPSA) is 62.7 Å². The number of ether oxygens (including phenoxy) is 1. The molecule has 0 bridgehead atoms. The van der Waals surface area contributed by atoms with Gasteiger partial charge in [-0.1, -0.05) is 6.07 Å². The van der Waals surface area contributed by atoms with Gasteiger partial charge in [0, 0.05) is 45.0 Å². The van der Waals surface area contributed by atoms with Gasteiger partial charge in [-0.2, -0.15) is 4.31 Å². The molecule has 0 amide bonds. The monoisotopic (exact) mass is 285 g/mol. The van der Waals surface area contributed by atoms with Crippen LogP contribution in [0.4, 0.5) is 5.82 Å². The maximum Gasteiger partial charge on any atom is 0.211 e. The summed E-state index contributed by atoms with van der Waals surface area (Å²) in [5, 5.41) is 0. The van der Waals surface area contributed by atoms with Crippen molar-refractivity contribution in [3.8, 4) is 0 Å². The van der Waals surface area contributed by atoms with E-state index in [9.17, 15) is 8.42 Å². The number of rotatable bonds is 4. The van der Waals surface area contributed by atoms with Crippen molar-refractivity contribution in [2.45, 2.75) is 6.54 Å². The molecule has 0 aliphatic carbocycles. The lowest BCUT2D eigenvalue weighted by Gasteiger charge is -2.22. The number of pyridine rings is 1. The SMILES string of the molecule is COCCN1CCN(S(C)(=O)=O)Cc2cccnc21. The molecule has 19 heavy (non-hydrogen) atoms. The van der Waals surface area contributed by atoms with Crippen LogP contribution in [0, 0.1) is 0 Å². The lowest BCUT2D eigenvalue weighted by molar-refractivity contribution is 0.205. The van der Waals surface area contributed by atoms with Gasteiger partial charge in [-0.05, 0) is 6.07 Å². The molecule has 7 heteroatoms. The number of methoxy groups -OCH3 is 1. The van der Waals surface area contributed by atoms with Crippen molar-refractivity contribution >= 4 is 15.8 Å². The standard InChI is InChI=1S/C12H19N3O3S/c1-18-9-8-14-6-7-15(19(2,16)17)10-11-4-3-5-13-12(11)14/h3-5H,6-10H2,1-2H3. The second-order valence-electron chi connectivity index (χ2n) is 4.56. The van der Waals surface area contributed by atoms with E-state index in [4.69, 9.17) is 4.74 Å². The zero-order valence-electron chi connectivity index (χ0n) is 11.2. The van der Waals surface area contributed by atoms with E-state index in [1.165, 1.54) is 10.6 Å². The Morgan fingerprint density at radius 3 is 2.89 bits per heavy atom. The fourth-order valence-electron chi connectivity index (χ4n) is 2.15. The second kappa shape index (κ2) is 5.85. The average molecular weight is 285 g/mol. The Balaban J connectivity index is 2.29. The van der Waals surface area contributed by atoms with E-state index in [1.807, 2.05) is 12.1 Å². The Morgan fingerprint density at radius 1 is 1.42 bits per heavy atom. The summed E-state index contributed by atoms with van der Waals surface area (Å²) in [6.07, 6.45) is 2.97. The van der Waals surface area contributed by atoms with Crippen LogP contribution < -0.4 is 4.90 Å². The van der Waals surface area contributed by atoms with Crippen LogP contribution in [0.15, 0.2) is 18.3 Å². The summed E-state index contributed by atoms with van der Waals surface area (Å²) in [6.45, 7) is 2.78. The molecule has 1 aromatic heterocycles. The van der Waals surface area contributed by atoms with Gasteiger partial charge in [0.2, 0.25) is 10.0 Å². The van der Waals surface area contributed by atoms with Gasteiger partial charge in [0.15, 0.2) is 0 Å². The molecule has 0 spiro atoms. The van der Waals surface area contributed by atoms with Gasteiger partial charge in [-0.25, -0.2) is 13.4 Å². The molecule has 1 aliphatic heterocycles. The maximum atomic E-state index is 11.7. The summed E-state index contributed by atoms with van der Waals surface area (Å²) in [5.74, 6) is 0.853. The quantitative estimate of drug-likeness (QED) is 0.797. The Kier molecular flexibility index (Phi) is 4.38. The van der Waals surface area contributed by atoms with Crippen LogP contribution in [0.5, 0.6) is 0 Å². The van der Waals surface area contributed by atoms with Gasteiger partial charge >= 0.3 is 0 Å². The molecule has 0 saturated heterocycles. The number of hydrogen-bond donors (Lipinski definition) is 0. The number of hydrogen-bond acceptors (Lipinski definition) is 5. The average Bonchev–Trinajstić information content (AvgIpc) is 2.55. The van der Waals surface area contributed by atoms with Crippen LogP contribution in [0.25, 0.3) is 0 Å². The molecule has 2 heterocycles. The summed E-state index contributed by atoms with van der Waals surface area (Å²) in [6, 6.07) is 3.75. The summed E-state index contributed by atoms with van der Waals surface area (Å²) < 4.78 is 30.0. The van der Waals surface area contributed by atoms with Crippen LogP contribution in [0.3, 0.4) is 0 Å². The number of fused-ring (bicyclic) bond motifs is 1. The molecule has 1 aliphatic rings. The zero-order valence-corrected chi connectivity index (χ0v) is 12.1. The van der Waals surface area contributed by atoms with Crippen molar-refractivity contribution in [1.82, 2.24) is 9.29 Å². The highest BCUT2D eigenvalue weighted by Crippen LogP contribution is 2.23. The number of sulfonamides is 1. The summed E-state index contributed by atoms with van der Waals surface area (Å²) in [7, 11) is -1.54. The number of nitrogens with zero attached hydrogens (tertiary/aromatic N) is 3. The van der Waals surface area contributed by atoms with Crippen molar-refractivity contribution < 1.29 is 13.2 Å². The third-order valence-corrected chi connectivity index (χ3v) is 4.42. The molecular weight excluding hydrogens is 266 g/mol. The van der Waals surface area contributed by atoms with E-state index in [2.05, 4.69) is 9.88 Å². The largest absolute Gasteiger partial charge is 0.383 e. The lowest BCUT2D eigenvalue weighted by Crippen LogP contribution is -2.36. The molecule has 0 saturated carbocycles. The number of anilines is 1. The number of aromatic nitrogens is 1. The van der Waals surface area contributed by atoms with E-state index in [1.54, 1.807) is 13.3 Å². The Bertz CT molecular complexity index is 533. The van der Waals surface area contributed by atoms with Crippen LogP contribution in [-0.4, -0.2) is 57.3 Å². The van der Waals surface area contributed by atoms with Crippen LogP contribution in [0.2, 0.25) is 0 Å². The minimum absolute atomic E-state index is 0.380. The van der Waals surface area contributed by atoms with E-state index in [0.29, 0.717) is 32.8 Å². The highest BCUT2D eigenvalue weighted by Gasteiger charge is 2.25. The fraction of sp³-hybridized carbons (Fsp3) is 0.583. The minimum atomic E-state index is -3.19. The molecule has 0 fully saturated rings. The molecule has 0 aromatic carbocycles. The van der Waals surface area contributed by atoms with Gasteiger partial charge in [0.25, 0.3) is 0 Å². The molecule has 6 nitrogen and oxygen atoms in total. The predicted molar refractivity (Wildman–Crippen MR) is 73.6 cm³/mol. The van der Waals surface area contributed by atoms with Crippen molar-refractivity contribution in [1.29, 1.82) is 0 Å². The first-order chi connectivity index (χ1) is 9.02. The van der Waals surface area contributed by atoms with Crippen molar-refractivity contribution in [2.75, 3.05) is 44.5 Å². The van der Waals surface area contributed by atoms with Gasteiger partial charge in [-0.15, -0.1) is 0 Å². The Morgan fingerprint density at radius 2 is 2.21 bits per heavy atom. The third-order valence-electron chi connectivity index (χ3n) is 3.17. The van der Waals surface area contributed by atoms with E-state index >= 15 is 0 Å². The molecule has 0 unspecified atom stereocenters.